The van der Waals surface area contributed by atoms with Crippen LogP contribution in [-0.4, -0.2) is 15.1 Å². The van der Waals surface area contributed by atoms with Crippen molar-refractivity contribution in [2.45, 2.75) is 26.2 Å². The van der Waals surface area contributed by atoms with Crippen LogP contribution in [0.15, 0.2) is 93.8 Å². The van der Waals surface area contributed by atoms with Crippen LogP contribution in [0.1, 0.15) is 26.3 Å². The molecule has 0 spiro atoms. The molecule has 0 saturated heterocycles. The fraction of sp³-hybridized carbons (Fsp3) is 0.133. The summed E-state index contributed by atoms with van der Waals surface area (Å²) in [7, 11) is 0. The normalized spacial score (nSPS) is 11.9. The molecule has 0 bridgehead atoms. The quantitative estimate of drug-likeness (QED) is 0.277. The number of phenols is 1. The van der Waals surface area contributed by atoms with Gasteiger partial charge in [-0.3, -0.25) is 0 Å². The summed E-state index contributed by atoms with van der Waals surface area (Å²) in [5.74, 6) is 1.66. The highest BCUT2D eigenvalue weighted by molar-refractivity contribution is 5.84. The SMILES string of the molecule is CC(C)(C)c1ccc2oc(-c3cc(Oc4ccccc4)cc(-c4nc5ccccc5o4)c3O)nc2c1. The number of rotatable bonds is 4. The summed E-state index contributed by atoms with van der Waals surface area (Å²) in [5.41, 5.74) is 4.55. The Balaban J connectivity index is 1.52. The van der Waals surface area contributed by atoms with E-state index in [0.29, 0.717) is 39.3 Å². The molecular weight excluding hydrogens is 452 g/mol. The van der Waals surface area contributed by atoms with Gasteiger partial charge < -0.3 is 18.7 Å². The minimum Gasteiger partial charge on any atom is -0.506 e. The van der Waals surface area contributed by atoms with Crippen molar-refractivity contribution in [3.63, 3.8) is 0 Å². The molecule has 0 aliphatic rings. The number of para-hydroxylation sites is 3. The molecule has 0 radical (unpaired) electrons. The van der Waals surface area contributed by atoms with E-state index in [1.54, 1.807) is 12.1 Å². The van der Waals surface area contributed by atoms with Crippen LogP contribution in [-0.2, 0) is 5.41 Å². The maximum absolute atomic E-state index is 11.4. The molecule has 6 heteroatoms. The third kappa shape index (κ3) is 3.96. The molecule has 6 nitrogen and oxygen atoms in total. The van der Waals surface area contributed by atoms with Gasteiger partial charge >= 0.3 is 0 Å². The van der Waals surface area contributed by atoms with Crippen LogP contribution < -0.4 is 4.74 Å². The predicted octanol–water partition coefficient (Wildman–Crippen LogP) is 8.10. The molecule has 0 saturated carbocycles. The van der Waals surface area contributed by atoms with Crippen molar-refractivity contribution in [3.05, 3.63) is 90.5 Å². The first-order chi connectivity index (χ1) is 17.3. The maximum Gasteiger partial charge on any atom is 0.231 e. The zero-order valence-corrected chi connectivity index (χ0v) is 20.1. The zero-order chi connectivity index (χ0) is 24.9. The van der Waals surface area contributed by atoms with Crippen LogP contribution >= 0.6 is 0 Å². The fourth-order valence-electron chi connectivity index (χ4n) is 4.11. The lowest BCUT2D eigenvalue weighted by atomic mass is 9.87. The van der Waals surface area contributed by atoms with Gasteiger partial charge in [0.25, 0.3) is 0 Å². The number of fused-ring (bicyclic) bond motifs is 2. The molecule has 36 heavy (non-hydrogen) atoms. The van der Waals surface area contributed by atoms with E-state index in [1.807, 2.05) is 72.8 Å². The topological polar surface area (TPSA) is 81.5 Å². The number of oxazole rings is 2. The molecule has 6 rings (SSSR count). The molecule has 2 heterocycles. The van der Waals surface area contributed by atoms with Crippen LogP contribution in [0.25, 0.3) is 45.1 Å². The standard InChI is InChI=1S/C30H24N2O4/c1-30(2,3)18-13-14-26-24(15-18)32-29(36-26)22-17-20(34-19-9-5-4-6-10-19)16-21(27(22)33)28-31-23-11-7-8-12-25(23)35-28/h4-17,33H,1-3H3. The third-order valence-corrected chi connectivity index (χ3v) is 6.07. The van der Waals surface area contributed by atoms with Crippen LogP contribution in [0.4, 0.5) is 0 Å². The van der Waals surface area contributed by atoms with Crippen molar-refractivity contribution < 1.29 is 18.7 Å². The summed E-state index contributed by atoms with van der Waals surface area (Å²) in [5, 5.41) is 11.4. The van der Waals surface area contributed by atoms with E-state index in [4.69, 9.17) is 18.6 Å². The molecule has 0 aliphatic carbocycles. The average molecular weight is 477 g/mol. The van der Waals surface area contributed by atoms with Gasteiger partial charge in [-0.25, -0.2) is 9.97 Å². The van der Waals surface area contributed by atoms with E-state index in [0.717, 1.165) is 11.1 Å². The van der Waals surface area contributed by atoms with Crippen molar-refractivity contribution in [3.8, 4) is 40.2 Å². The van der Waals surface area contributed by atoms with Gasteiger partial charge in [-0.15, -0.1) is 0 Å². The predicted molar refractivity (Wildman–Crippen MR) is 139 cm³/mol. The van der Waals surface area contributed by atoms with Gasteiger partial charge in [-0.05, 0) is 59.5 Å². The second-order valence-electron chi connectivity index (χ2n) is 9.72. The Morgan fingerprint density at radius 3 is 1.94 bits per heavy atom. The second kappa shape index (κ2) is 8.27. The fourth-order valence-corrected chi connectivity index (χ4v) is 4.11. The van der Waals surface area contributed by atoms with Gasteiger partial charge in [-0.2, -0.15) is 0 Å². The summed E-state index contributed by atoms with van der Waals surface area (Å²) in [6.45, 7) is 6.45. The van der Waals surface area contributed by atoms with E-state index in [-0.39, 0.29) is 22.9 Å². The summed E-state index contributed by atoms with van der Waals surface area (Å²) >= 11 is 0. The molecule has 0 fully saturated rings. The van der Waals surface area contributed by atoms with Gasteiger partial charge in [0.05, 0.1) is 11.1 Å². The van der Waals surface area contributed by atoms with E-state index in [2.05, 4.69) is 25.8 Å². The molecule has 0 aliphatic heterocycles. The molecule has 1 N–H and O–H groups in total. The van der Waals surface area contributed by atoms with Crippen LogP contribution in [0.3, 0.4) is 0 Å². The number of aromatic nitrogens is 2. The van der Waals surface area contributed by atoms with Crippen LogP contribution in [0.5, 0.6) is 17.2 Å². The van der Waals surface area contributed by atoms with Crippen molar-refractivity contribution in [1.29, 1.82) is 0 Å². The van der Waals surface area contributed by atoms with Crippen molar-refractivity contribution in [2.75, 3.05) is 0 Å². The Bertz CT molecular complexity index is 1680. The molecule has 0 atom stereocenters. The second-order valence-corrected chi connectivity index (χ2v) is 9.72. The first-order valence-corrected chi connectivity index (χ1v) is 11.7. The Morgan fingerprint density at radius 1 is 0.667 bits per heavy atom. The average Bonchev–Trinajstić information content (AvgIpc) is 3.48. The van der Waals surface area contributed by atoms with Gasteiger partial charge in [0, 0.05) is 0 Å². The monoisotopic (exact) mass is 476 g/mol. The molecule has 0 unspecified atom stereocenters. The van der Waals surface area contributed by atoms with Crippen molar-refractivity contribution in [2.24, 2.45) is 0 Å². The van der Waals surface area contributed by atoms with Gasteiger partial charge in [0.2, 0.25) is 11.8 Å². The molecular formula is C30H24N2O4. The van der Waals surface area contributed by atoms with E-state index < -0.39 is 0 Å². The zero-order valence-electron chi connectivity index (χ0n) is 20.1. The van der Waals surface area contributed by atoms with E-state index in [1.165, 1.54) is 0 Å². The van der Waals surface area contributed by atoms with Gasteiger partial charge in [0.15, 0.2) is 11.2 Å². The molecule has 6 aromatic rings. The highest BCUT2D eigenvalue weighted by Crippen LogP contribution is 2.43. The molecule has 4 aromatic carbocycles. The highest BCUT2D eigenvalue weighted by atomic mass is 16.5. The molecule has 178 valence electrons. The van der Waals surface area contributed by atoms with Gasteiger partial charge in [0.1, 0.15) is 28.3 Å². The number of hydrogen-bond donors (Lipinski definition) is 1. The lowest BCUT2D eigenvalue weighted by Crippen LogP contribution is -2.10. The number of aromatic hydroxyl groups is 1. The lowest BCUT2D eigenvalue weighted by Gasteiger charge is -2.18. The summed E-state index contributed by atoms with van der Waals surface area (Å²) in [6, 6.07) is 26.3. The van der Waals surface area contributed by atoms with E-state index >= 15 is 0 Å². The Morgan fingerprint density at radius 2 is 1.28 bits per heavy atom. The third-order valence-electron chi connectivity index (χ3n) is 6.07. The number of benzene rings is 4. The Labute approximate surface area is 207 Å². The van der Waals surface area contributed by atoms with Crippen LogP contribution in [0, 0.1) is 0 Å². The lowest BCUT2D eigenvalue weighted by molar-refractivity contribution is 0.462. The van der Waals surface area contributed by atoms with Crippen molar-refractivity contribution in [1.82, 2.24) is 9.97 Å². The minimum absolute atomic E-state index is 0.0288. The number of phenolic OH excluding ortho intramolecular Hbond substituents is 1. The first kappa shape index (κ1) is 21.9. The van der Waals surface area contributed by atoms with E-state index in [9.17, 15) is 5.11 Å². The highest BCUT2D eigenvalue weighted by Gasteiger charge is 2.23. The maximum atomic E-state index is 11.4. The molecule has 2 aromatic heterocycles. The van der Waals surface area contributed by atoms with Gasteiger partial charge in [-0.1, -0.05) is 57.2 Å². The number of nitrogens with zero attached hydrogens (tertiary/aromatic N) is 2. The smallest absolute Gasteiger partial charge is 0.231 e. The first-order valence-electron chi connectivity index (χ1n) is 11.7. The number of ether oxygens (including phenoxy) is 1. The summed E-state index contributed by atoms with van der Waals surface area (Å²) in [4.78, 5) is 9.29. The summed E-state index contributed by atoms with van der Waals surface area (Å²) < 4.78 is 18.2. The van der Waals surface area contributed by atoms with Crippen LogP contribution in [0.2, 0.25) is 0 Å². The minimum atomic E-state index is -0.0513. The Kier molecular flexibility index (Phi) is 5.04. The molecule has 0 amide bonds. The Hall–Kier alpha value is -4.58. The largest absolute Gasteiger partial charge is 0.506 e. The summed E-state index contributed by atoms with van der Waals surface area (Å²) in [6.07, 6.45) is 0. The van der Waals surface area contributed by atoms with Crippen molar-refractivity contribution >= 4 is 22.2 Å². The number of hydrogen-bond acceptors (Lipinski definition) is 6.